The van der Waals surface area contributed by atoms with Crippen LogP contribution in [0.3, 0.4) is 0 Å². The molecule has 14 heavy (non-hydrogen) atoms. The zero-order valence-corrected chi connectivity index (χ0v) is 10.0. The van der Waals surface area contributed by atoms with Gasteiger partial charge in [0.15, 0.2) is 0 Å². The van der Waals surface area contributed by atoms with E-state index in [-0.39, 0.29) is 0 Å². The second kappa shape index (κ2) is 5.96. The van der Waals surface area contributed by atoms with Crippen molar-refractivity contribution < 1.29 is 0 Å². The third kappa shape index (κ3) is 3.25. The zero-order chi connectivity index (χ0) is 10.4. The van der Waals surface area contributed by atoms with Crippen LogP contribution in [-0.4, -0.2) is 27.8 Å². The second-order valence-electron chi connectivity index (χ2n) is 3.14. The Morgan fingerprint density at radius 2 is 2.29 bits per heavy atom. The van der Waals surface area contributed by atoms with Crippen LogP contribution in [0.25, 0.3) is 0 Å². The normalized spacial score (nSPS) is 10.5. The predicted molar refractivity (Wildman–Crippen MR) is 64.1 cm³/mol. The van der Waals surface area contributed by atoms with E-state index in [0.717, 1.165) is 24.4 Å². The lowest BCUT2D eigenvalue weighted by molar-refractivity contribution is 0.746. The van der Waals surface area contributed by atoms with E-state index in [4.69, 9.17) is 0 Å². The van der Waals surface area contributed by atoms with Crippen molar-refractivity contribution in [3.8, 4) is 0 Å². The summed E-state index contributed by atoms with van der Waals surface area (Å²) >= 11 is 1.96. The second-order valence-corrected chi connectivity index (χ2v) is 4.53. The van der Waals surface area contributed by atoms with Crippen LogP contribution >= 0.6 is 11.8 Å². The molecule has 0 spiro atoms. The molecule has 0 aromatic carbocycles. The van der Waals surface area contributed by atoms with E-state index < -0.39 is 0 Å². The van der Waals surface area contributed by atoms with E-state index in [2.05, 4.69) is 30.5 Å². The van der Waals surface area contributed by atoms with Gasteiger partial charge in [-0.05, 0) is 12.2 Å². The molecule has 0 aliphatic rings. The lowest BCUT2D eigenvalue weighted by Crippen LogP contribution is -2.05. The third-order valence-corrected chi connectivity index (χ3v) is 2.91. The summed E-state index contributed by atoms with van der Waals surface area (Å²) in [6, 6.07) is 0. The molecule has 3 nitrogen and oxygen atoms in total. The molecule has 0 radical (unpaired) electrons. The molecule has 0 aliphatic carbocycles. The Morgan fingerprint density at radius 3 is 2.93 bits per heavy atom. The van der Waals surface area contributed by atoms with Gasteiger partial charge >= 0.3 is 0 Å². The largest absolute Gasteiger partial charge is 0.381 e. The minimum Gasteiger partial charge on any atom is -0.381 e. The predicted octanol–water partition coefficient (Wildman–Crippen LogP) is 2.15. The fraction of sp³-hybridized carbons (Fsp3) is 0.700. The third-order valence-electron chi connectivity index (χ3n) is 2.01. The SMILES string of the molecule is CCSCCNc1cn(C)nc1CC. The Kier molecular flexibility index (Phi) is 4.87. The van der Waals surface area contributed by atoms with Gasteiger partial charge in [-0.1, -0.05) is 13.8 Å². The average molecular weight is 213 g/mol. The van der Waals surface area contributed by atoms with Gasteiger partial charge in [0.1, 0.15) is 0 Å². The molecule has 0 aliphatic heterocycles. The van der Waals surface area contributed by atoms with Crippen molar-refractivity contribution in [3.63, 3.8) is 0 Å². The summed E-state index contributed by atoms with van der Waals surface area (Å²) in [5.41, 5.74) is 2.35. The highest BCUT2D eigenvalue weighted by Gasteiger charge is 2.03. The van der Waals surface area contributed by atoms with Crippen LogP contribution in [0, 0.1) is 0 Å². The van der Waals surface area contributed by atoms with Gasteiger partial charge < -0.3 is 5.32 Å². The van der Waals surface area contributed by atoms with Crippen LogP contribution in [0.15, 0.2) is 6.20 Å². The number of nitrogens with zero attached hydrogens (tertiary/aromatic N) is 2. The van der Waals surface area contributed by atoms with Crippen molar-refractivity contribution in [2.24, 2.45) is 7.05 Å². The fourth-order valence-electron chi connectivity index (χ4n) is 1.35. The molecule has 1 aromatic heterocycles. The highest BCUT2D eigenvalue weighted by atomic mass is 32.2. The lowest BCUT2D eigenvalue weighted by atomic mass is 10.3. The maximum Gasteiger partial charge on any atom is 0.0853 e. The number of anilines is 1. The van der Waals surface area contributed by atoms with E-state index in [0.29, 0.717) is 0 Å². The lowest BCUT2D eigenvalue weighted by Gasteiger charge is -2.03. The first-order chi connectivity index (χ1) is 6.77. The molecule has 0 amide bonds. The van der Waals surface area contributed by atoms with Crippen molar-refractivity contribution in [1.29, 1.82) is 0 Å². The number of hydrogen-bond acceptors (Lipinski definition) is 3. The van der Waals surface area contributed by atoms with Crippen molar-refractivity contribution in [3.05, 3.63) is 11.9 Å². The fourth-order valence-corrected chi connectivity index (χ4v) is 1.88. The number of thioether (sulfide) groups is 1. The molecule has 1 N–H and O–H groups in total. The van der Waals surface area contributed by atoms with E-state index >= 15 is 0 Å². The van der Waals surface area contributed by atoms with E-state index in [1.165, 1.54) is 11.4 Å². The summed E-state index contributed by atoms with van der Waals surface area (Å²) in [5.74, 6) is 2.35. The Bertz CT molecular complexity index is 270. The summed E-state index contributed by atoms with van der Waals surface area (Å²) in [6.07, 6.45) is 3.04. The Hall–Kier alpha value is -0.640. The van der Waals surface area contributed by atoms with Crippen molar-refractivity contribution in [1.82, 2.24) is 9.78 Å². The first-order valence-electron chi connectivity index (χ1n) is 5.12. The van der Waals surface area contributed by atoms with Crippen LogP contribution in [-0.2, 0) is 13.5 Å². The van der Waals surface area contributed by atoms with Gasteiger partial charge in [0.05, 0.1) is 11.4 Å². The summed E-state index contributed by atoms with van der Waals surface area (Å²) in [6.45, 7) is 5.34. The number of aromatic nitrogens is 2. The van der Waals surface area contributed by atoms with Gasteiger partial charge in [-0.25, -0.2) is 0 Å². The molecule has 0 bridgehead atoms. The number of aryl methyl sites for hydroxylation is 2. The maximum atomic E-state index is 4.38. The summed E-state index contributed by atoms with van der Waals surface area (Å²) in [7, 11) is 1.96. The van der Waals surface area contributed by atoms with E-state index in [1.54, 1.807) is 0 Å². The van der Waals surface area contributed by atoms with Crippen LogP contribution in [0.5, 0.6) is 0 Å². The summed E-state index contributed by atoms with van der Waals surface area (Å²) in [5, 5.41) is 7.79. The smallest absolute Gasteiger partial charge is 0.0853 e. The average Bonchev–Trinajstić information content (AvgIpc) is 2.54. The molecule has 1 aromatic rings. The van der Waals surface area contributed by atoms with Gasteiger partial charge in [-0.3, -0.25) is 4.68 Å². The van der Waals surface area contributed by atoms with Crippen LogP contribution < -0.4 is 5.32 Å². The van der Waals surface area contributed by atoms with E-state index in [9.17, 15) is 0 Å². The van der Waals surface area contributed by atoms with E-state index in [1.807, 2.05) is 23.5 Å². The molecule has 80 valence electrons. The molecule has 0 saturated heterocycles. The molecule has 1 heterocycles. The highest BCUT2D eigenvalue weighted by Crippen LogP contribution is 2.13. The molecular formula is C10H19N3S. The molecule has 0 fully saturated rings. The molecule has 0 saturated carbocycles. The van der Waals surface area contributed by atoms with Crippen LogP contribution in [0.1, 0.15) is 19.5 Å². The standard InChI is InChI=1S/C10H19N3S/c1-4-9-10(8-13(3)12-9)11-6-7-14-5-2/h8,11H,4-7H2,1-3H3. The van der Waals surface area contributed by atoms with Gasteiger partial charge in [0.25, 0.3) is 0 Å². The Labute approximate surface area is 90.3 Å². The maximum absolute atomic E-state index is 4.38. The quantitative estimate of drug-likeness (QED) is 0.734. The summed E-state index contributed by atoms with van der Waals surface area (Å²) in [4.78, 5) is 0. The summed E-state index contributed by atoms with van der Waals surface area (Å²) < 4.78 is 1.87. The van der Waals surface area contributed by atoms with Crippen LogP contribution in [0.2, 0.25) is 0 Å². The molecular weight excluding hydrogens is 194 g/mol. The molecule has 4 heteroatoms. The van der Waals surface area contributed by atoms with Gasteiger partial charge in [0.2, 0.25) is 0 Å². The number of nitrogens with one attached hydrogen (secondary N) is 1. The Balaban J connectivity index is 2.41. The zero-order valence-electron chi connectivity index (χ0n) is 9.21. The first kappa shape index (κ1) is 11.4. The monoisotopic (exact) mass is 213 g/mol. The minimum absolute atomic E-state index is 0.990. The van der Waals surface area contributed by atoms with Gasteiger partial charge in [-0.15, -0.1) is 0 Å². The van der Waals surface area contributed by atoms with Gasteiger partial charge in [0, 0.05) is 25.5 Å². The molecule has 1 rings (SSSR count). The van der Waals surface area contributed by atoms with Crippen molar-refractivity contribution in [2.45, 2.75) is 20.3 Å². The van der Waals surface area contributed by atoms with Gasteiger partial charge in [-0.2, -0.15) is 16.9 Å². The topological polar surface area (TPSA) is 29.9 Å². The number of rotatable bonds is 6. The van der Waals surface area contributed by atoms with Crippen molar-refractivity contribution in [2.75, 3.05) is 23.4 Å². The number of hydrogen-bond donors (Lipinski definition) is 1. The molecule has 0 unspecified atom stereocenters. The highest BCUT2D eigenvalue weighted by molar-refractivity contribution is 7.99. The van der Waals surface area contributed by atoms with Crippen LogP contribution in [0.4, 0.5) is 5.69 Å². The minimum atomic E-state index is 0.990. The first-order valence-corrected chi connectivity index (χ1v) is 6.27. The molecule has 0 atom stereocenters. The van der Waals surface area contributed by atoms with Crippen molar-refractivity contribution >= 4 is 17.4 Å². The Morgan fingerprint density at radius 1 is 1.50 bits per heavy atom.